The number of carbonyl (C=O) groups is 1. The van der Waals surface area contributed by atoms with Crippen LogP contribution in [0.2, 0.25) is 0 Å². The number of aromatic hydroxyl groups is 1. The zero-order chi connectivity index (χ0) is 26.2. The van der Waals surface area contributed by atoms with Gasteiger partial charge in [0.2, 0.25) is 0 Å². The van der Waals surface area contributed by atoms with Gasteiger partial charge in [0.25, 0.3) is 0 Å². The van der Waals surface area contributed by atoms with E-state index in [1.54, 1.807) is 12.1 Å². The molecule has 2 aromatic rings. The summed E-state index contributed by atoms with van der Waals surface area (Å²) in [6, 6.07) is 15.5. The second-order valence-electron chi connectivity index (χ2n) is 10.7. The first-order valence-electron chi connectivity index (χ1n) is 12.8. The average Bonchev–Trinajstić information content (AvgIpc) is 2.75. The van der Waals surface area contributed by atoms with Crippen molar-refractivity contribution in [3.8, 4) is 11.5 Å². The van der Waals surface area contributed by atoms with Gasteiger partial charge in [0.05, 0.1) is 12.0 Å². The summed E-state index contributed by atoms with van der Waals surface area (Å²) >= 11 is 0. The quantitative estimate of drug-likeness (QED) is 0.248. The van der Waals surface area contributed by atoms with E-state index in [0.29, 0.717) is 6.42 Å². The first-order chi connectivity index (χ1) is 16.4. The van der Waals surface area contributed by atoms with Gasteiger partial charge in [0.15, 0.2) is 6.29 Å². The largest absolute Gasteiger partial charge is 0.508 e. The Bertz CT molecular complexity index is 896. The molecule has 0 aromatic heterocycles. The van der Waals surface area contributed by atoms with Crippen LogP contribution in [-0.2, 0) is 14.3 Å². The SMILES string of the molecule is CCC(CC(CC(C)c1ccc(OC(C)OC(C)C)cc1)c1ccc(O)cc1)C(=O)OC(C)(C)C. The molecule has 4 atom stereocenters. The van der Waals surface area contributed by atoms with E-state index in [0.717, 1.165) is 24.2 Å². The highest BCUT2D eigenvalue weighted by Gasteiger charge is 2.28. The average molecular weight is 485 g/mol. The molecule has 2 rings (SSSR count). The molecular formula is C30H44O5. The van der Waals surface area contributed by atoms with Gasteiger partial charge in [-0.2, -0.15) is 0 Å². The fourth-order valence-corrected chi connectivity index (χ4v) is 4.31. The van der Waals surface area contributed by atoms with Gasteiger partial charge >= 0.3 is 5.97 Å². The monoisotopic (exact) mass is 484 g/mol. The molecule has 0 spiro atoms. The minimum atomic E-state index is -0.507. The zero-order valence-corrected chi connectivity index (χ0v) is 22.7. The molecule has 4 unspecified atom stereocenters. The molecule has 0 heterocycles. The molecule has 35 heavy (non-hydrogen) atoms. The molecule has 0 fully saturated rings. The Morgan fingerprint density at radius 2 is 1.46 bits per heavy atom. The second kappa shape index (κ2) is 13.0. The zero-order valence-electron chi connectivity index (χ0n) is 22.7. The molecule has 2 aromatic carbocycles. The van der Waals surface area contributed by atoms with Crippen molar-refractivity contribution in [1.82, 2.24) is 0 Å². The summed E-state index contributed by atoms with van der Waals surface area (Å²) in [7, 11) is 0. The van der Waals surface area contributed by atoms with Crippen LogP contribution >= 0.6 is 0 Å². The maximum atomic E-state index is 12.9. The minimum absolute atomic E-state index is 0.105. The third kappa shape index (κ3) is 9.93. The maximum Gasteiger partial charge on any atom is 0.309 e. The van der Waals surface area contributed by atoms with Crippen LogP contribution in [0.4, 0.5) is 0 Å². The van der Waals surface area contributed by atoms with E-state index in [9.17, 15) is 9.90 Å². The highest BCUT2D eigenvalue weighted by molar-refractivity contribution is 5.73. The summed E-state index contributed by atoms with van der Waals surface area (Å²) in [6.45, 7) is 15.8. The van der Waals surface area contributed by atoms with Gasteiger partial charge in [-0.15, -0.1) is 0 Å². The van der Waals surface area contributed by atoms with Crippen LogP contribution in [0.15, 0.2) is 48.5 Å². The summed E-state index contributed by atoms with van der Waals surface area (Å²) in [5.41, 5.74) is 1.83. The molecule has 0 bridgehead atoms. The number of ether oxygens (including phenoxy) is 3. The fourth-order valence-electron chi connectivity index (χ4n) is 4.31. The lowest BCUT2D eigenvalue weighted by atomic mass is 9.80. The Morgan fingerprint density at radius 3 is 1.97 bits per heavy atom. The Balaban J connectivity index is 2.16. The smallest absolute Gasteiger partial charge is 0.309 e. The molecular weight excluding hydrogens is 440 g/mol. The van der Waals surface area contributed by atoms with E-state index in [4.69, 9.17) is 14.2 Å². The van der Waals surface area contributed by atoms with E-state index in [1.165, 1.54) is 5.56 Å². The molecule has 0 aliphatic rings. The van der Waals surface area contributed by atoms with Gasteiger partial charge in [-0.3, -0.25) is 4.79 Å². The minimum Gasteiger partial charge on any atom is -0.508 e. The van der Waals surface area contributed by atoms with Crippen molar-refractivity contribution in [3.63, 3.8) is 0 Å². The topological polar surface area (TPSA) is 65.0 Å². The summed E-state index contributed by atoms with van der Waals surface area (Å²) < 4.78 is 17.2. The lowest BCUT2D eigenvalue weighted by molar-refractivity contribution is -0.160. The Kier molecular flexibility index (Phi) is 10.6. The highest BCUT2D eigenvalue weighted by atomic mass is 16.7. The molecule has 0 aliphatic carbocycles. The first kappa shape index (κ1) is 28.7. The van der Waals surface area contributed by atoms with E-state index in [1.807, 2.05) is 72.7 Å². The van der Waals surface area contributed by atoms with Gasteiger partial charge in [0.1, 0.15) is 17.1 Å². The summed E-state index contributed by atoms with van der Waals surface area (Å²) in [5, 5.41) is 9.78. The van der Waals surface area contributed by atoms with Crippen LogP contribution in [-0.4, -0.2) is 29.1 Å². The van der Waals surface area contributed by atoms with Gasteiger partial charge in [-0.25, -0.2) is 0 Å². The third-order valence-electron chi connectivity index (χ3n) is 6.02. The Labute approximate surface area is 211 Å². The molecule has 0 saturated carbocycles. The Hall–Kier alpha value is -2.53. The van der Waals surface area contributed by atoms with Crippen LogP contribution in [0.25, 0.3) is 0 Å². The molecule has 0 amide bonds. The number of carbonyl (C=O) groups excluding carboxylic acids is 1. The number of esters is 1. The predicted molar refractivity (Wildman–Crippen MR) is 141 cm³/mol. The van der Waals surface area contributed by atoms with Crippen LogP contribution in [0.5, 0.6) is 11.5 Å². The Morgan fingerprint density at radius 1 is 0.886 bits per heavy atom. The van der Waals surface area contributed by atoms with Gasteiger partial charge in [-0.1, -0.05) is 38.1 Å². The van der Waals surface area contributed by atoms with Crippen LogP contribution in [0.1, 0.15) is 97.6 Å². The lowest BCUT2D eigenvalue weighted by Gasteiger charge is -2.28. The molecule has 1 N–H and O–H groups in total. The summed E-state index contributed by atoms with van der Waals surface area (Å²) in [4.78, 5) is 12.9. The second-order valence-corrected chi connectivity index (χ2v) is 10.7. The number of hydrogen-bond acceptors (Lipinski definition) is 5. The molecule has 0 radical (unpaired) electrons. The molecule has 5 heteroatoms. The van der Waals surface area contributed by atoms with Crippen molar-refractivity contribution in [2.75, 3.05) is 0 Å². The summed E-state index contributed by atoms with van der Waals surface area (Å²) in [5.74, 6) is 1.11. The molecule has 0 saturated heterocycles. The van der Waals surface area contributed by atoms with Gasteiger partial charge < -0.3 is 19.3 Å². The third-order valence-corrected chi connectivity index (χ3v) is 6.02. The molecule has 5 nitrogen and oxygen atoms in total. The lowest BCUT2D eigenvalue weighted by Crippen LogP contribution is -2.29. The standard InChI is InChI=1S/C30H44O5/c1-9-23(29(32)35-30(6,7)8)19-26(25-10-14-27(31)15-11-25)18-21(4)24-12-16-28(17-13-24)34-22(5)33-20(2)3/h10-17,20-23,26,31H,9,18-19H2,1-8H3. The summed E-state index contributed by atoms with van der Waals surface area (Å²) in [6.07, 6.45) is 2.09. The van der Waals surface area contributed by atoms with Crippen molar-refractivity contribution in [3.05, 3.63) is 59.7 Å². The van der Waals surface area contributed by atoms with E-state index in [2.05, 4.69) is 19.1 Å². The van der Waals surface area contributed by atoms with Crippen LogP contribution < -0.4 is 4.74 Å². The van der Waals surface area contributed by atoms with E-state index >= 15 is 0 Å². The number of phenols is 1. The van der Waals surface area contributed by atoms with Crippen molar-refractivity contribution in [2.24, 2.45) is 5.92 Å². The van der Waals surface area contributed by atoms with Crippen LogP contribution in [0, 0.1) is 5.92 Å². The number of hydrogen-bond donors (Lipinski definition) is 1. The van der Waals surface area contributed by atoms with Crippen molar-refractivity contribution >= 4 is 5.97 Å². The fraction of sp³-hybridized carbons (Fsp3) is 0.567. The molecule has 194 valence electrons. The maximum absolute atomic E-state index is 12.9. The van der Waals surface area contributed by atoms with Crippen LogP contribution in [0.3, 0.4) is 0 Å². The first-order valence-corrected chi connectivity index (χ1v) is 12.8. The van der Waals surface area contributed by atoms with Crippen molar-refractivity contribution < 1.29 is 24.1 Å². The van der Waals surface area contributed by atoms with Crippen molar-refractivity contribution in [2.45, 2.75) is 104 Å². The van der Waals surface area contributed by atoms with E-state index < -0.39 is 5.60 Å². The normalized spacial score (nSPS) is 15.3. The van der Waals surface area contributed by atoms with Gasteiger partial charge in [-0.05, 0) is 108 Å². The molecule has 0 aliphatic heterocycles. The van der Waals surface area contributed by atoms with Crippen molar-refractivity contribution in [1.29, 1.82) is 0 Å². The van der Waals surface area contributed by atoms with E-state index in [-0.39, 0.29) is 41.9 Å². The predicted octanol–water partition coefficient (Wildman–Crippen LogP) is 7.58. The van der Waals surface area contributed by atoms with Gasteiger partial charge in [0, 0.05) is 0 Å². The number of rotatable bonds is 12. The highest BCUT2D eigenvalue weighted by Crippen LogP contribution is 2.36. The number of phenolic OH excluding ortho intramolecular Hbond substituents is 1. The number of benzene rings is 2.